The van der Waals surface area contributed by atoms with Crippen molar-refractivity contribution in [3.05, 3.63) is 29.6 Å². The van der Waals surface area contributed by atoms with Crippen molar-refractivity contribution < 1.29 is 28.6 Å². The molecule has 0 saturated heterocycles. The number of carboxylic acids is 1. The molecule has 0 bridgehead atoms. The summed E-state index contributed by atoms with van der Waals surface area (Å²) in [5.74, 6) is -4.81. The van der Waals surface area contributed by atoms with E-state index in [0.29, 0.717) is 0 Å². The molecule has 1 aromatic heterocycles. The van der Waals surface area contributed by atoms with Crippen molar-refractivity contribution in [1.82, 2.24) is 10.3 Å². The summed E-state index contributed by atoms with van der Waals surface area (Å²) < 4.78 is 25.7. The van der Waals surface area contributed by atoms with Crippen molar-refractivity contribution >= 4 is 11.9 Å². The van der Waals surface area contributed by atoms with Crippen molar-refractivity contribution in [2.45, 2.75) is 24.3 Å². The van der Waals surface area contributed by atoms with Crippen LogP contribution in [0.3, 0.4) is 0 Å². The maximum absolute atomic E-state index is 12.9. The van der Waals surface area contributed by atoms with E-state index >= 15 is 0 Å². The Bertz CT molecular complexity index is 537. The van der Waals surface area contributed by atoms with Gasteiger partial charge in [-0.2, -0.15) is 0 Å². The molecule has 2 rings (SSSR count). The molecule has 6 nitrogen and oxygen atoms in total. The molecule has 0 unspecified atom stereocenters. The number of aromatic carboxylic acids is 1. The first-order valence-electron chi connectivity index (χ1n) is 5.77. The Balaban J connectivity index is 2.06. The molecule has 1 fully saturated rings. The molecular weight excluding hydrogens is 274 g/mol. The standard InChI is InChI=1S/C12H12F2N2O4/c13-12(14)4-11(5-12,6-17)16-9(18)8-2-1-7(3-15-8)10(19)20/h1-3,17H,4-6H2,(H,16,18)(H,19,20). The van der Waals surface area contributed by atoms with Crippen LogP contribution in [0.25, 0.3) is 0 Å². The Kier molecular flexibility index (Phi) is 3.43. The fraction of sp³-hybridized carbons (Fsp3) is 0.417. The summed E-state index contributed by atoms with van der Waals surface area (Å²) in [5, 5.41) is 20.1. The smallest absolute Gasteiger partial charge is 0.337 e. The van der Waals surface area contributed by atoms with Crippen molar-refractivity contribution in [2.24, 2.45) is 0 Å². The number of hydrogen-bond donors (Lipinski definition) is 3. The molecule has 20 heavy (non-hydrogen) atoms. The Hall–Kier alpha value is -2.09. The van der Waals surface area contributed by atoms with Gasteiger partial charge in [0.2, 0.25) is 0 Å². The highest BCUT2D eigenvalue weighted by molar-refractivity contribution is 5.94. The van der Waals surface area contributed by atoms with Gasteiger partial charge in [0.25, 0.3) is 11.8 Å². The zero-order valence-electron chi connectivity index (χ0n) is 10.3. The van der Waals surface area contributed by atoms with E-state index in [0.717, 1.165) is 6.20 Å². The summed E-state index contributed by atoms with van der Waals surface area (Å²) in [4.78, 5) is 26.1. The second-order valence-corrected chi connectivity index (χ2v) is 4.84. The van der Waals surface area contributed by atoms with Gasteiger partial charge in [-0.3, -0.25) is 9.78 Å². The second kappa shape index (κ2) is 4.78. The fourth-order valence-electron chi connectivity index (χ4n) is 2.14. The molecule has 1 heterocycles. The third kappa shape index (κ3) is 2.74. The molecule has 8 heteroatoms. The van der Waals surface area contributed by atoms with Crippen LogP contribution in [0.15, 0.2) is 18.3 Å². The topological polar surface area (TPSA) is 99.5 Å². The lowest BCUT2D eigenvalue weighted by Crippen LogP contribution is -2.64. The number of pyridine rings is 1. The number of aliphatic hydroxyl groups excluding tert-OH is 1. The van der Waals surface area contributed by atoms with Crippen LogP contribution in [-0.2, 0) is 0 Å². The van der Waals surface area contributed by atoms with E-state index in [1.165, 1.54) is 12.1 Å². The van der Waals surface area contributed by atoms with Gasteiger partial charge >= 0.3 is 5.97 Å². The molecular formula is C12H12F2N2O4. The number of amides is 1. The molecule has 1 saturated carbocycles. The van der Waals surface area contributed by atoms with Crippen molar-refractivity contribution in [3.8, 4) is 0 Å². The van der Waals surface area contributed by atoms with Crippen molar-refractivity contribution in [1.29, 1.82) is 0 Å². The van der Waals surface area contributed by atoms with Crippen LogP contribution in [0.4, 0.5) is 8.78 Å². The number of carbonyl (C=O) groups is 2. The summed E-state index contributed by atoms with van der Waals surface area (Å²) >= 11 is 0. The lowest BCUT2D eigenvalue weighted by Gasteiger charge is -2.46. The third-order valence-electron chi connectivity index (χ3n) is 3.12. The molecule has 0 aromatic carbocycles. The summed E-state index contributed by atoms with van der Waals surface area (Å²) in [6.07, 6.45) is -0.261. The highest BCUT2D eigenvalue weighted by Gasteiger charge is 2.57. The zero-order chi connectivity index (χ0) is 15.0. The first-order valence-corrected chi connectivity index (χ1v) is 5.77. The summed E-state index contributed by atoms with van der Waals surface area (Å²) in [5.41, 5.74) is -1.53. The third-order valence-corrected chi connectivity index (χ3v) is 3.12. The number of aromatic nitrogens is 1. The number of rotatable bonds is 4. The van der Waals surface area contributed by atoms with E-state index in [9.17, 15) is 18.4 Å². The first kappa shape index (κ1) is 14.3. The minimum atomic E-state index is -2.89. The average Bonchev–Trinajstić information content (AvgIpc) is 2.36. The van der Waals surface area contributed by atoms with Gasteiger partial charge in [-0.1, -0.05) is 0 Å². The number of carbonyl (C=O) groups excluding carboxylic acids is 1. The van der Waals surface area contributed by atoms with Crippen LogP contribution in [0.5, 0.6) is 0 Å². The van der Waals surface area contributed by atoms with E-state index in [4.69, 9.17) is 10.2 Å². The monoisotopic (exact) mass is 286 g/mol. The normalized spacial score (nSPS) is 18.9. The molecule has 1 amide bonds. The Labute approximate surface area is 112 Å². The molecule has 1 aromatic rings. The quantitative estimate of drug-likeness (QED) is 0.755. The number of aliphatic hydroxyl groups is 1. The maximum atomic E-state index is 12.9. The van der Waals surface area contributed by atoms with Crippen LogP contribution in [-0.4, -0.2) is 45.1 Å². The molecule has 1 aliphatic carbocycles. The van der Waals surface area contributed by atoms with Gasteiger partial charge in [0.15, 0.2) is 0 Å². The van der Waals surface area contributed by atoms with E-state index in [2.05, 4.69) is 10.3 Å². The number of nitrogens with zero attached hydrogens (tertiary/aromatic N) is 1. The lowest BCUT2D eigenvalue weighted by atomic mass is 9.74. The van der Waals surface area contributed by atoms with E-state index in [1.54, 1.807) is 0 Å². The maximum Gasteiger partial charge on any atom is 0.337 e. The van der Waals surface area contributed by atoms with Crippen molar-refractivity contribution in [2.75, 3.05) is 6.61 Å². The molecule has 0 spiro atoms. The van der Waals surface area contributed by atoms with Crippen molar-refractivity contribution in [3.63, 3.8) is 0 Å². The van der Waals surface area contributed by atoms with Gasteiger partial charge < -0.3 is 15.5 Å². The minimum Gasteiger partial charge on any atom is -0.478 e. The molecule has 0 radical (unpaired) electrons. The van der Waals surface area contributed by atoms with Crippen LogP contribution in [0.1, 0.15) is 33.7 Å². The number of hydrogen-bond acceptors (Lipinski definition) is 4. The summed E-state index contributed by atoms with van der Waals surface area (Å²) in [6, 6.07) is 2.37. The van der Waals surface area contributed by atoms with Crippen LogP contribution >= 0.6 is 0 Å². The predicted molar refractivity (Wildman–Crippen MR) is 62.7 cm³/mol. The van der Waals surface area contributed by atoms with Gasteiger partial charge in [-0.15, -0.1) is 0 Å². The van der Waals surface area contributed by atoms with Gasteiger partial charge in [0.05, 0.1) is 17.7 Å². The summed E-state index contributed by atoms with van der Waals surface area (Å²) in [6.45, 7) is -0.596. The lowest BCUT2D eigenvalue weighted by molar-refractivity contribution is -0.143. The fourth-order valence-corrected chi connectivity index (χ4v) is 2.14. The number of nitrogens with one attached hydrogen (secondary N) is 1. The SMILES string of the molecule is O=C(O)c1ccc(C(=O)NC2(CO)CC(F)(F)C2)nc1. The molecule has 3 N–H and O–H groups in total. The molecule has 1 aliphatic rings. The molecule has 0 aliphatic heterocycles. The zero-order valence-corrected chi connectivity index (χ0v) is 10.3. The molecule has 0 atom stereocenters. The van der Waals surface area contributed by atoms with E-state index in [-0.39, 0.29) is 11.3 Å². The largest absolute Gasteiger partial charge is 0.478 e. The highest BCUT2D eigenvalue weighted by Crippen LogP contribution is 2.45. The van der Waals surface area contributed by atoms with Crippen LogP contribution < -0.4 is 5.32 Å². The molecule has 108 valence electrons. The van der Waals surface area contributed by atoms with Gasteiger partial charge in [-0.05, 0) is 12.1 Å². The van der Waals surface area contributed by atoms with Crippen LogP contribution in [0.2, 0.25) is 0 Å². The van der Waals surface area contributed by atoms with Gasteiger partial charge in [0.1, 0.15) is 5.69 Å². The number of alkyl halides is 2. The average molecular weight is 286 g/mol. The Morgan fingerprint density at radius 2 is 2.00 bits per heavy atom. The summed E-state index contributed by atoms with van der Waals surface area (Å²) in [7, 11) is 0. The van der Waals surface area contributed by atoms with Gasteiger partial charge in [-0.25, -0.2) is 13.6 Å². The van der Waals surface area contributed by atoms with E-state index in [1.807, 2.05) is 0 Å². The first-order chi connectivity index (χ1) is 9.27. The predicted octanol–water partition coefficient (Wildman–Crippen LogP) is 0.670. The van der Waals surface area contributed by atoms with Crippen LogP contribution in [0, 0.1) is 0 Å². The Morgan fingerprint density at radius 1 is 1.35 bits per heavy atom. The van der Waals surface area contributed by atoms with Gasteiger partial charge in [0, 0.05) is 19.0 Å². The highest BCUT2D eigenvalue weighted by atomic mass is 19.3. The number of halogens is 2. The second-order valence-electron chi connectivity index (χ2n) is 4.84. The minimum absolute atomic E-state index is 0.0893. The number of carboxylic acid groups (broad SMARTS) is 1. The Morgan fingerprint density at radius 3 is 2.40 bits per heavy atom. The van der Waals surface area contributed by atoms with E-state index < -0.39 is 42.8 Å².